The number of aromatic amines is 1. The molecular formula is C26H35N2O2+. The molecule has 2 aromatic carbocycles. The highest BCUT2D eigenvalue weighted by atomic mass is 16.5. The van der Waals surface area contributed by atoms with Crippen LogP contribution in [-0.2, 0) is 6.42 Å². The largest absolute Gasteiger partial charge is 0.556 e. The predicted molar refractivity (Wildman–Crippen MR) is 121 cm³/mol. The molecule has 1 aromatic heterocycles. The van der Waals surface area contributed by atoms with Crippen molar-refractivity contribution in [3.8, 4) is 6.08 Å². The van der Waals surface area contributed by atoms with Crippen molar-refractivity contribution >= 4 is 11.1 Å². The molecule has 1 saturated carbocycles. The third kappa shape index (κ3) is 4.86. The SMILES string of the molecule is CC(C)c1ccc(CCCN(C)C2CCC(c3ccc4[nH+]c(O)oc4c3)CC2)cc1. The summed E-state index contributed by atoms with van der Waals surface area (Å²) in [6.45, 7) is 5.66. The Kier molecular flexibility index (Phi) is 6.43. The topological polar surface area (TPSA) is 50.8 Å². The Morgan fingerprint density at radius 1 is 1.07 bits per heavy atom. The molecule has 160 valence electrons. The molecule has 0 saturated heterocycles. The fourth-order valence-corrected chi connectivity index (χ4v) is 4.86. The summed E-state index contributed by atoms with van der Waals surface area (Å²) in [5, 5.41) is 9.50. The number of oxazole rings is 1. The standard InChI is InChI=1S/C26H34N2O2/c1-18(2)20-8-6-19(7-9-20)5-4-16-28(3)23-13-10-21(11-14-23)22-12-15-24-25(17-22)30-26(29)27-24/h6-9,12,15,17-18,21,23H,4-5,10-11,13-14,16H2,1-3H3,(H,27,29)/p+1. The van der Waals surface area contributed by atoms with E-state index in [2.05, 4.69) is 67.2 Å². The van der Waals surface area contributed by atoms with E-state index in [-0.39, 0.29) is 6.08 Å². The van der Waals surface area contributed by atoms with Crippen molar-refractivity contribution in [3.63, 3.8) is 0 Å². The number of H-pyrrole nitrogens is 1. The number of fused-ring (bicyclic) bond motifs is 1. The van der Waals surface area contributed by atoms with Gasteiger partial charge >= 0.3 is 6.08 Å². The third-order valence-electron chi connectivity index (χ3n) is 6.87. The van der Waals surface area contributed by atoms with Crippen LogP contribution in [0.15, 0.2) is 46.9 Å². The van der Waals surface area contributed by atoms with Gasteiger partial charge in [-0.3, -0.25) is 0 Å². The van der Waals surface area contributed by atoms with Crippen LogP contribution in [0.25, 0.3) is 11.1 Å². The van der Waals surface area contributed by atoms with Gasteiger partial charge in [0.1, 0.15) is 0 Å². The Balaban J connectivity index is 1.24. The third-order valence-corrected chi connectivity index (χ3v) is 6.87. The van der Waals surface area contributed by atoms with E-state index in [0.717, 1.165) is 24.1 Å². The lowest BCUT2D eigenvalue weighted by molar-refractivity contribution is -0.374. The van der Waals surface area contributed by atoms with E-state index in [1.165, 1.54) is 48.8 Å². The summed E-state index contributed by atoms with van der Waals surface area (Å²) in [4.78, 5) is 5.40. The summed E-state index contributed by atoms with van der Waals surface area (Å²) in [5.41, 5.74) is 5.80. The molecule has 2 N–H and O–H groups in total. The lowest BCUT2D eigenvalue weighted by Crippen LogP contribution is -2.35. The van der Waals surface area contributed by atoms with Gasteiger partial charge in [-0.15, -0.1) is 4.98 Å². The monoisotopic (exact) mass is 407 g/mol. The first-order chi connectivity index (χ1) is 14.5. The van der Waals surface area contributed by atoms with Crippen molar-refractivity contribution in [2.75, 3.05) is 13.6 Å². The summed E-state index contributed by atoms with van der Waals surface area (Å²) < 4.78 is 5.35. The second-order valence-electron chi connectivity index (χ2n) is 9.27. The van der Waals surface area contributed by atoms with Crippen molar-refractivity contribution < 1.29 is 14.5 Å². The van der Waals surface area contributed by atoms with Crippen LogP contribution < -0.4 is 4.98 Å². The Labute approximate surface area is 179 Å². The number of hydrogen-bond donors (Lipinski definition) is 1. The molecule has 0 radical (unpaired) electrons. The van der Waals surface area contributed by atoms with E-state index < -0.39 is 0 Å². The lowest BCUT2D eigenvalue weighted by atomic mass is 9.81. The Bertz CT molecular complexity index is 953. The van der Waals surface area contributed by atoms with Gasteiger partial charge in [-0.1, -0.05) is 44.2 Å². The first-order valence-corrected chi connectivity index (χ1v) is 11.4. The van der Waals surface area contributed by atoms with Crippen LogP contribution >= 0.6 is 0 Å². The highest BCUT2D eigenvalue weighted by Gasteiger charge is 2.25. The molecule has 1 fully saturated rings. The maximum absolute atomic E-state index is 9.50. The van der Waals surface area contributed by atoms with Crippen molar-refractivity contribution in [1.29, 1.82) is 0 Å². The van der Waals surface area contributed by atoms with Crippen LogP contribution in [0.5, 0.6) is 6.08 Å². The van der Waals surface area contributed by atoms with Gasteiger partial charge in [-0.25, -0.2) is 0 Å². The minimum atomic E-state index is -0.122. The molecule has 4 heteroatoms. The number of rotatable bonds is 7. The van der Waals surface area contributed by atoms with Crippen LogP contribution in [0.3, 0.4) is 0 Å². The molecule has 4 rings (SSSR count). The molecule has 0 unspecified atom stereocenters. The highest BCUT2D eigenvalue weighted by molar-refractivity contribution is 5.70. The van der Waals surface area contributed by atoms with E-state index in [1.807, 2.05) is 6.07 Å². The molecule has 0 atom stereocenters. The number of aryl methyl sites for hydroxylation is 1. The molecule has 1 aliphatic carbocycles. The fraction of sp³-hybridized carbons (Fsp3) is 0.500. The lowest BCUT2D eigenvalue weighted by Gasteiger charge is -2.35. The average Bonchev–Trinajstić information content (AvgIpc) is 3.13. The summed E-state index contributed by atoms with van der Waals surface area (Å²) in [5.74, 6) is 1.19. The fourth-order valence-electron chi connectivity index (χ4n) is 4.86. The van der Waals surface area contributed by atoms with Gasteiger partial charge in [-0.2, -0.15) is 0 Å². The van der Waals surface area contributed by atoms with Crippen molar-refractivity contribution in [2.45, 2.75) is 70.3 Å². The van der Waals surface area contributed by atoms with Gasteiger partial charge in [0.2, 0.25) is 5.58 Å². The van der Waals surface area contributed by atoms with Crippen molar-refractivity contribution in [3.05, 3.63) is 59.2 Å². The summed E-state index contributed by atoms with van der Waals surface area (Å²) in [6.07, 6.45) is 7.18. The molecule has 0 bridgehead atoms. The second-order valence-corrected chi connectivity index (χ2v) is 9.27. The quantitative estimate of drug-likeness (QED) is 0.549. The molecule has 0 aliphatic heterocycles. The average molecular weight is 408 g/mol. The van der Waals surface area contributed by atoms with Gasteiger partial charge in [0, 0.05) is 12.1 Å². The number of nitrogens with one attached hydrogen (secondary N) is 1. The van der Waals surface area contributed by atoms with Gasteiger partial charge < -0.3 is 14.4 Å². The van der Waals surface area contributed by atoms with E-state index >= 15 is 0 Å². The van der Waals surface area contributed by atoms with Crippen molar-refractivity contribution in [2.24, 2.45) is 0 Å². The van der Waals surface area contributed by atoms with Crippen LogP contribution in [0.2, 0.25) is 0 Å². The van der Waals surface area contributed by atoms with Crippen LogP contribution in [0.4, 0.5) is 0 Å². The molecular weight excluding hydrogens is 372 g/mol. The van der Waals surface area contributed by atoms with E-state index in [9.17, 15) is 5.11 Å². The molecule has 3 aromatic rings. The normalized spacial score (nSPS) is 19.8. The zero-order valence-electron chi connectivity index (χ0n) is 18.5. The maximum Gasteiger partial charge on any atom is 0.556 e. The second kappa shape index (κ2) is 9.22. The first kappa shape index (κ1) is 20.9. The van der Waals surface area contributed by atoms with E-state index in [4.69, 9.17) is 4.42 Å². The van der Waals surface area contributed by atoms with Gasteiger partial charge in [0.25, 0.3) is 5.52 Å². The number of benzene rings is 2. The van der Waals surface area contributed by atoms with Crippen LogP contribution in [-0.4, -0.2) is 29.6 Å². The predicted octanol–water partition coefficient (Wildman–Crippen LogP) is 5.67. The Morgan fingerprint density at radius 3 is 2.50 bits per heavy atom. The van der Waals surface area contributed by atoms with Gasteiger partial charge in [0.15, 0.2) is 0 Å². The number of aromatic hydroxyl groups is 1. The minimum absolute atomic E-state index is 0.122. The summed E-state index contributed by atoms with van der Waals surface area (Å²) in [7, 11) is 2.29. The summed E-state index contributed by atoms with van der Waals surface area (Å²) >= 11 is 0. The maximum atomic E-state index is 9.50. The van der Waals surface area contributed by atoms with Crippen LogP contribution in [0.1, 0.15) is 74.5 Å². The molecule has 4 nitrogen and oxygen atoms in total. The van der Waals surface area contributed by atoms with Gasteiger partial charge in [0.05, 0.1) is 0 Å². The zero-order chi connectivity index (χ0) is 21.1. The highest BCUT2D eigenvalue weighted by Crippen LogP contribution is 2.35. The number of hydrogen-bond acceptors (Lipinski definition) is 3. The summed E-state index contributed by atoms with van der Waals surface area (Å²) in [6, 6.07) is 16.1. The molecule has 30 heavy (non-hydrogen) atoms. The first-order valence-electron chi connectivity index (χ1n) is 11.4. The number of aromatic nitrogens is 1. The molecule has 1 aliphatic rings. The van der Waals surface area contributed by atoms with Crippen LogP contribution in [0, 0.1) is 0 Å². The molecule has 1 heterocycles. The van der Waals surface area contributed by atoms with Crippen molar-refractivity contribution in [1.82, 2.24) is 4.90 Å². The molecule has 0 amide bonds. The van der Waals surface area contributed by atoms with E-state index in [0.29, 0.717) is 17.9 Å². The Hall–Kier alpha value is -2.33. The number of nitrogens with zero attached hydrogens (tertiary/aromatic N) is 1. The smallest absolute Gasteiger partial charge is 0.429 e. The minimum Gasteiger partial charge on any atom is -0.429 e. The Morgan fingerprint density at radius 2 is 1.80 bits per heavy atom. The van der Waals surface area contributed by atoms with Gasteiger partial charge in [-0.05, 0) is 86.7 Å². The van der Waals surface area contributed by atoms with E-state index in [1.54, 1.807) is 0 Å². The zero-order valence-corrected chi connectivity index (χ0v) is 18.5. The molecule has 0 spiro atoms.